The number of hydrazone groups is 1. The van der Waals surface area contributed by atoms with E-state index in [0.29, 0.717) is 11.4 Å². The van der Waals surface area contributed by atoms with Crippen molar-refractivity contribution in [1.82, 2.24) is 10.4 Å². The van der Waals surface area contributed by atoms with Gasteiger partial charge >= 0.3 is 6.03 Å². The molecular weight excluding hydrogens is 286 g/mol. The Morgan fingerprint density at radius 3 is 2.82 bits per heavy atom. The smallest absolute Gasteiger partial charge is 0.291 e. The number of amides is 2. The van der Waals surface area contributed by atoms with E-state index in [1.54, 1.807) is 37.4 Å². The number of pyridine rings is 1. The summed E-state index contributed by atoms with van der Waals surface area (Å²) in [5, 5.41) is 17.0. The zero-order valence-corrected chi connectivity index (χ0v) is 11.7. The number of nitro benzene ring substituents is 1. The van der Waals surface area contributed by atoms with Crippen molar-refractivity contribution in [3.05, 3.63) is 63.8 Å². The summed E-state index contributed by atoms with van der Waals surface area (Å²) in [7, 11) is 0. The van der Waals surface area contributed by atoms with Gasteiger partial charge in [0.15, 0.2) is 0 Å². The van der Waals surface area contributed by atoms with Crippen LogP contribution in [0, 0.1) is 17.0 Å². The molecule has 1 aromatic heterocycles. The van der Waals surface area contributed by atoms with Crippen LogP contribution in [-0.4, -0.2) is 22.2 Å². The number of aromatic nitrogens is 1. The summed E-state index contributed by atoms with van der Waals surface area (Å²) in [6.07, 6.45) is 2.77. The highest BCUT2D eigenvalue weighted by molar-refractivity contribution is 5.91. The average Bonchev–Trinajstić information content (AvgIpc) is 2.50. The third-order valence-electron chi connectivity index (χ3n) is 2.74. The molecule has 0 unspecified atom stereocenters. The van der Waals surface area contributed by atoms with Crippen LogP contribution in [0.5, 0.6) is 0 Å². The van der Waals surface area contributed by atoms with Crippen LogP contribution in [0.4, 0.5) is 16.3 Å². The molecule has 0 aliphatic carbocycles. The molecule has 1 aromatic carbocycles. The van der Waals surface area contributed by atoms with Crippen molar-refractivity contribution in [2.45, 2.75) is 6.92 Å². The first kappa shape index (κ1) is 15.1. The number of anilines is 1. The number of urea groups is 1. The average molecular weight is 299 g/mol. The molecule has 2 aromatic rings. The molecule has 2 rings (SSSR count). The van der Waals surface area contributed by atoms with Gasteiger partial charge in [-0.25, -0.2) is 15.2 Å². The maximum Gasteiger partial charge on any atom is 0.340 e. The maximum atomic E-state index is 11.7. The third kappa shape index (κ3) is 3.85. The summed E-state index contributed by atoms with van der Waals surface area (Å²) in [6, 6.07) is 9.06. The predicted octanol–water partition coefficient (Wildman–Crippen LogP) is 2.45. The Bertz CT molecular complexity index is 730. The van der Waals surface area contributed by atoms with E-state index in [0.717, 1.165) is 5.56 Å². The van der Waals surface area contributed by atoms with E-state index in [-0.39, 0.29) is 5.69 Å². The number of aryl methyl sites for hydroxylation is 1. The molecule has 22 heavy (non-hydrogen) atoms. The number of para-hydroxylation sites is 1. The zero-order valence-electron chi connectivity index (χ0n) is 11.7. The Kier molecular flexibility index (Phi) is 4.76. The first-order chi connectivity index (χ1) is 10.6. The van der Waals surface area contributed by atoms with Gasteiger partial charge in [0.1, 0.15) is 5.82 Å². The third-order valence-corrected chi connectivity index (χ3v) is 2.74. The molecule has 0 spiro atoms. The lowest BCUT2D eigenvalue weighted by molar-refractivity contribution is -0.385. The van der Waals surface area contributed by atoms with Gasteiger partial charge < -0.3 is 0 Å². The normalized spacial score (nSPS) is 10.4. The summed E-state index contributed by atoms with van der Waals surface area (Å²) in [5.41, 5.74) is 3.24. The van der Waals surface area contributed by atoms with Crippen LogP contribution in [-0.2, 0) is 0 Å². The number of benzene rings is 1. The fraction of sp³-hybridized carbons (Fsp3) is 0.0714. The number of nitrogens with one attached hydrogen (secondary N) is 2. The maximum absolute atomic E-state index is 11.7. The Morgan fingerprint density at radius 1 is 1.32 bits per heavy atom. The second-order valence-electron chi connectivity index (χ2n) is 4.31. The Hall–Kier alpha value is -3.29. The minimum atomic E-state index is -0.586. The lowest BCUT2D eigenvalue weighted by Crippen LogP contribution is -2.25. The Morgan fingerprint density at radius 2 is 2.09 bits per heavy atom. The van der Waals surface area contributed by atoms with E-state index in [9.17, 15) is 14.9 Å². The molecule has 2 N–H and O–H groups in total. The van der Waals surface area contributed by atoms with Gasteiger partial charge in [0.25, 0.3) is 5.69 Å². The van der Waals surface area contributed by atoms with E-state index >= 15 is 0 Å². The van der Waals surface area contributed by atoms with E-state index in [1.807, 2.05) is 0 Å². The molecule has 0 aliphatic heterocycles. The van der Waals surface area contributed by atoms with Gasteiger partial charge in [0, 0.05) is 12.3 Å². The Labute approximate surface area is 126 Å². The standard InChI is InChI=1S/C14H13N5O3/c1-10-5-4-8-15-13(10)17-14(20)18-16-9-11-6-2-3-7-12(11)19(21)22/h2-9H,1H3,(H2,15,17,18,20)/b16-9+. The second-order valence-corrected chi connectivity index (χ2v) is 4.31. The van der Waals surface area contributed by atoms with Crippen LogP contribution in [0.1, 0.15) is 11.1 Å². The van der Waals surface area contributed by atoms with E-state index < -0.39 is 11.0 Å². The SMILES string of the molecule is Cc1cccnc1NC(=O)N/N=C/c1ccccc1[N+](=O)[O-]. The first-order valence-electron chi connectivity index (χ1n) is 6.33. The fourth-order valence-electron chi connectivity index (χ4n) is 1.68. The van der Waals surface area contributed by atoms with Crippen LogP contribution in [0.25, 0.3) is 0 Å². The summed E-state index contributed by atoms with van der Waals surface area (Å²) in [5.74, 6) is 0.417. The number of rotatable bonds is 4. The van der Waals surface area contributed by atoms with Crippen LogP contribution in [0.2, 0.25) is 0 Å². The Balaban J connectivity index is 2.00. The molecule has 1 heterocycles. The van der Waals surface area contributed by atoms with Crippen molar-refractivity contribution in [1.29, 1.82) is 0 Å². The molecular formula is C14H13N5O3. The van der Waals surface area contributed by atoms with Crippen LogP contribution < -0.4 is 10.7 Å². The lowest BCUT2D eigenvalue weighted by atomic mass is 10.2. The fourth-order valence-corrected chi connectivity index (χ4v) is 1.68. The van der Waals surface area contributed by atoms with Crippen molar-refractivity contribution in [2.24, 2.45) is 5.10 Å². The largest absolute Gasteiger partial charge is 0.340 e. The number of nitro groups is 1. The minimum Gasteiger partial charge on any atom is -0.291 e. The van der Waals surface area contributed by atoms with Gasteiger partial charge in [-0.3, -0.25) is 15.4 Å². The summed E-state index contributed by atoms with van der Waals surface area (Å²) < 4.78 is 0. The molecule has 2 amide bonds. The monoisotopic (exact) mass is 299 g/mol. The van der Waals surface area contributed by atoms with Crippen molar-refractivity contribution in [3.63, 3.8) is 0 Å². The van der Waals surface area contributed by atoms with E-state index in [1.165, 1.54) is 18.3 Å². The number of hydrogen-bond acceptors (Lipinski definition) is 5. The highest BCUT2D eigenvalue weighted by atomic mass is 16.6. The number of nitrogens with zero attached hydrogens (tertiary/aromatic N) is 3. The molecule has 0 radical (unpaired) electrons. The molecule has 112 valence electrons. The molecule has 0 fully saturated rings. The minimum absolute atomic E-state index is 0.0889. The van der Waals surface area contributed by atoms with E-state index in [4.69, 9.17) is 0 Å². The topological polar surface area (TPSA) is 110 Å². The molecule has 0 aliphatic rings. The van der Waals surface area contributed by atoms with Gasteiger partial charge in [-0.15, -0.1) is 0 Å². The van der Waals surface area contributed by atoms with Gasteiger partial charge in [0.2, 0.25) is 0 Å². The second kappa shape index (κ2) is 6.93. The zero-order chi connectivity index (χ0) is 15.9. The molecule has 0 saturated carbocycles. The van der Waals surface area contributed by atoms with Crippen LogP contribution >= 0.6 is 0 Å². The van der Waals surface area contributed by atoms with Crippen molar-refractivity contribution in [2.75, 3.05) is 5.32 Å². The molecule has 8 nitrogen and oxygen atoms in total. The number of hydrogen-bond donors (Lipinski definition) is 2. The van der Waals surface area contributed by atoms with Gasteiger partial charge in [-0.2, -0.15) is 5.10 Å². The van der Waals surface area contributed by atoms with Gasteiger partial charge in [-0.1, -0.05) is 18.2 Å². The highest BCUT2D eigenvalue weighted by Crippen LogP contribution is 2.15. The van der Waals surface area contributed by atoms with Crippen molar-refractivity contribution >= 4 is 23.8 Å². The number of carbonyl (C=O) groups is 1. The lowest BCUT2D eigenvalue weighted by Gasteiger charge is -2.05. The molecule has 0 bridgehead atoms. The van der Waals surface area contributed by atoms with Crippen molar-refractivity contribution in [3.8, 4) is 0 Å². The van der Waals surface area contributed by atoms with Gasteiger partial charge in [0.05, 0.1) is 16.7 Å². The molecule has 0 saturated heterocycles. The van der Waals surface area contributed by atoms with E-state index in [2.05, 4.69) is 20.8 Å². The highest BCUT2D eigenvalue weighted by Gasteiger charge is 2.10. The van der Waals surface area contributed by atoms with Crippen LogP contribution in [0.15, 0.2) is 47.7 Å². The quantitative estimate of drug-likeness (QED) is 0.513. The summed E-state index contributed by atoms with van der Waals surface area (Å²) >= 11 is 0. The first-order valence-corrected chi connectivity index (χ1v) is 6.33. The predicted molar refractivity (Wildman–Crippen MR) is 81.8 cm³/mol. The summed E-state index contributed by atoms with van der Waals surface area (Å²) in [6.45, 7) is 1.80. The molecule has 0 atom stereocenters. The van der Waals surface area contributed by atoms with Gasteiger partial charge in [-0.05, 0) is 24.6 Å². The molecule has 8 heteroatoms. The summed E-state index contributed by atoms with van der Waals surface area (Å²) in [4.78, 5) is 26.0. The van der Waals surface area contributed by atoms with Crippen LogP contribution in [0.3, 0.4) is 0 Å². The number of carbonyl (C=O) groups excluding carboxylic acids is 1. The van der Waals surface area contributed by atoms with Crippen molar-refractivity contribution < 1.29 is 9.72 Å².